The minimum atomic E-state index is 0.865. The number of imidazole rings is 1. The molecule has 5 heteroatoms. The molecule has 148 valence electrons. The normalized spacial score (nSPS) is 11.2. The number of aromatic nitrogens is 3. The lowest BCUT2D eigenvalue weighted by Gasteiger charge is -2.23. The Hall–Kier alpha value is -3.18. The van der Waals surface area contributed by atoms with Crippen molar-refractivity contribution in [3.63, 3.8) is 0 Å². The van der Waals surface area contributed by atoms with E-state index in [2.05, 4.69) is 55.8 Å². The molecule has 5 nitrogen and oxygen atoms in total. The first-order chi connectivity index (χ1) is 14.3. The highest BCUT2D eigenvalue weighted by molar-refractivity contribution is 5.81. The zero-order valence-electron chi connectivity index (χ0n) is 16.7. The molecule has 0 fully saturated rings. The van der Waals surface area contributed by atoms with Crippen LogP contribution in [0.4, 0.5) is 0 Å². The van der Waals surface area contributed by atoms with Crippen molar-refractivity contribution in [1.82, 2.24) is 19.4 Å². The third-order valence-corrected chi connectivity index (χ3v) is 5.13. The van der Waals surface area contributed by atoms with E-state index in [4.69, 9.17) is 4.74 Å². The second kappa shape index (κ2) is 9.34. The number of hydrogen-bond donors (Lipinski definition) is 0. The van der Waals surface area contributed by atoms with Crippen molar-refractivity contribution in [3.8, 4) is 5.75 Å². The van der Waals surface area contributed by atoms with Crippen LogP contribution in [0, 0.1) is 0 Å². The first-order valence-electron chi connectivity index (χ1n) is 9.95. The Bertz CT molecular complexity index is 1020. The van der Waals surface area contributed by atoms with Crippen molar-refractivity contribution in [2.75, 3.05) is 13.7 Å². The van der Waals surface area contributed by atoms with Gasteiger partial charge in [0.1, 0.15) is 5.75 Å². The number of ether oxygens (including phenoxy) is 1. The van der Waals surface area contributed by atoms with Gasteiger partial charge in [-0.05, 0) is 35.7 Å². The molecule has 2 aromatic carbocycles. The fraction of sp³-hybridized carbons (Fsp3) is 0.250. The van der Waals surface area contributed by atoms with Crippen LogP contribution < -0.4 is 4.74 Å². The first kappa shape index (κ1) is 19.2. The third-order valence-electron chi connectivity index (χ3n) is 5.13. The van der Waals surface area contributed by atoms with Gasteiger partial charge in [-0.3, -0.25) is 9.88 Å². The summed E-state index contributed by atoms with van der Waals surface area (Å²) in [5.41, 5.74) is 3.63. The van der Waals surface area contributed by atoms with E-state index in [0.717, 1.165) is 43.9 Å². The molecule has 0 radical (unpaired) electrons. The number of methoxy groups -OCH3 is 1. The van der Waals surface area contributed by atoms with Gasteiger partial charge >= 0.3 is 0 Å². The molecule has 29 heavy (non-hydrogen) atoms. The Morgan fingerprint density at radius 2 is 1.83 bits per heavy atom. The molecule has 0 aliphatic carbocycles. The van der Waals surface area contributed by atoms with Crippen molar-refractivity contribution < 1.29 is 4.74 Å². The molecule has 0 N–H and O–H groups in total. The van der Waals surface area contributed by atoms with Gasteiger partial charge in [0, 0.05) is 50.2 Å². The molecule has 0 saturated heterocycles. The van der Waals surface area contributed by atoms with Crippen LogP contribution in [0.15, 0.2) is 79.5 Å². The van der Waals surface area contributed by atoms with Gasteiger partial charge in [-0.25, -0.2) is 4.98 Å². The number of hydrogen-bond acceptors (Lipinski definition) is 4. The number of nitrogens with zero attached hydrogens (tertiary/aromatic N) is 4. The molecular formula is C24H26N4O. The molecule has 0 atom stereocenters. The molecule has 2 aromatic heterocycles. The van der Waals surface area contributed by atoms with Crippen molar-refractivity contribution in [3.05, 3.63) is 90.6 Å². The number of para-hydroxylation sites is 1. The van der Waals surface area contributed by atoms with Crippen LogP contribution in [0.25, 0.3) is 10.9 Å². The molecule has 0 unspecified atom stereocenters. The highest BCUT2D eigenvalue weighted by Gasteiger charge is 2.11. The van der Waals surface area contributed by atoms with Crippen molar-refractivity contribution in [2.45, 2.75) is 26.1 Å². The van der Waals surface area contributed by atoms with E-state index >= 15 is 0 Å². The van der Waals surface area contributed by atoms with Crippen LogP contribution in [0.3, 0.4) is 0 Å². The summed E-state index contributed by atoms with van der Waals surface area (Å²) in [5, 5.41) is 1.19. The van der Waals surface area contributed by atoms with Crippen molar-refractivity contribution in [1.29, 1.82) is 0 Å². The van der Waals surface area contributed by atoms with E-state index in [1.807, 2.05) is 43.1 Å². The van der Waals surface area contributed by atoms with Gasteiger partial charge in [0.25, 0.3) is 0 Å². The maximum Gasteiger partial charge on any atom is 0.118 e. The minimum Gasteiger partial charge on any atom is -0.497 e. The Morgan fingerprint density at radius 1 is 0.966 bits per heavy atom. The smallest absolute Gasteiger partial charge is 0.118 e. The summed E-state index contributed by atoms with van der Waals surface area (Å²) >= 11 is 0. The number of benzene rings is 2. The zero-order valence-corrected chi connectivity index (χ0v) is 16.7. The quantitative estimate of drug-likeness (QED) is 0.424. The van der Waals surface area contributed by atoms with E-state index in [1.54, 1.807) is 7.11 Å². The Kier molecular flexibility index (Phi) is 6.17. The SMILES string of the molecule is COc1ccc(CN(CCCn2ccnc2)Cc2cccc3cccnc23)cc1. The lowest BCUT2D eigenvalue weighted by atomic mass is 10.1. The summed E-state index contributed by atoms with van der Waals surface area (Å²) in [6, 6.07) is 18.9. The van der Waals surface area contributed by atoms with Gasteiger partial charge < -0.3 is 9.30 Å². The lowest BCUT2D eigenvalue weighted by Crippen LogP contribution is -2.25. The Labute approximate surface area is 171 Å². The highest BCUT2D eigenvalue weighted by Crippen LogP contribution is 2.20. The van der Waals surface area contributed by atoms with E-state index in [9.17, 15) is 0 Å². The van der Waals surface area contributed by atoms with Crippen LogP contribution in [-0.2, 0) is 19.6 Å². The zero-order chi connectivity index (χ0) is 19.9. The van der Waals surface area contributed by atoms with Gasteiger partial charge in [-0.15, -0.1) is 0 Å². The van der Waals surface area contributed by atoms with E-state index < -0.39 is 0 Å². The molecule has 2 heterocycles. The highest BCUT2D eigenvalue weighted by atomic mass is 16.5. The second-order valence-electron chi connectivity index (χ2n) is 7.21. The second-order valence-corrected chi connectivity index (χ2v) is 7.21. The van der Waals surface area contributed by atoms with Gasteiger partial charge in [0.05, 0.1) is 19.0 Å². The number of aryl methyl sites for hydroxylation is 1. The molecule has 0 amide bonds. The fourth-order valence-electron chi connectivity index (χ4n) is 3.63. The Morgan fingerprint density at radius 3 is 2.62 bits per heavy atom. The largest absolute Gasteiger partial charge is 0.497 e. The summed E-state index contributed by atoms with van der Waals surface area (Å²) in [6.07, 6.45) is 8.66. The predicted molar refractivity (Wildman–Crippen MR) is 116 cm³/mol. The van der Waals surface area contributed by atoms with Gasteiger partial charge in [-0.1, -0.05) is 36.4 Å². The molecule has 0 bridgehead atoms. The van der Waals surface area contributed by atoms with Crippen LogP contribution >= 0.6 is 0 Å². The van der Waals surface area contributed by atoms with Gasteiger partial charge in [-0.2, -0.15) is 0 Å². The average molecular weight is 386 g/mol. The summed E-state index contributed by atoms with van der Waals surface area (Å²) in [6.45, 7) is 3.71. The van der Waals surface area contributed by atoms with Gasteiger partial charge in [0.15, 0.2) is 0 Å². The molecule has 0 saturated carbocycles. The Balaban J connectivity index is 1.51. The fourth-order valence-corrected chi connectivity index (χ4v) is 3.63. The number of fused-ring (bicyclic) bond motifs is 1. The number of rotatable bonds is 9. The number of pyridine rings is 1. The van der Waals surface area contributed by atoms with Crippen LogP contribution in [0.2, 0.25) is 0 Å². The monoisotopic (exact) mass is 386 g/mol. The van der Waals surface area contributed by atoms with Crippen molar-refractivity contribution >= 4 is 10.9 Å². The molecular weight excluding hydrogens is 360 g/mol. The minimum absolute atomic E-state index is 0.865. The lowest BCUT2D eigenvalue weighted by molar-refractivity contribution is 0.249. The van der Waals surface area contributed by atoms with E-state index in [-0.39, 0.29) is 0 Å². The molecule has 0 spiro atoms. The molecule has 0 aliphatic heterocycles. The first-order valence-corrected chi connectivity index (χ1v) is 9.95. The van der Waals surface area contributed by atoms with Crippen molar-refractivity contribution in [2.24, 2.45) is 0 Å². The van der Waals surface area contributed by atoms with Crippen LogP contribution in [0.1, 0.15) is 17.5 Å². The summed E-state index contributed by atoms with van der Waals surface area (Å²) < 4.78 is 7.42. The van der Waals surface area contributed by atoms with Gasteiger partial charge in [0.2, 0.25) is 0 Å². The summed E-state index contributed by atoms with van der Waals surface area (Å²) in [7, 11) is 1.70. The summed E-state index contributed by atoms with van der Waals surface area (Å²) in [4.78, 5) is 11.3. The standard InChI is InChI=1S/C24H26N4O/c1-29-23-10-8-20(9-11-23)17-28(15-4-14-27-16-13-25-19-27)18-22-6-2-5-21-7-3-12-26-24(21)22/h2-3,5-13,16,19H,4,14-15,17-18H2,1H3. The van der Waals surface area contributed by atoms with E-state index in [1.165, 1.54) is 16.5 Å². The van der Waals surface area contributed by atoms with Crippen LogP contribution in [-0.4, -0.2) is 33.1 Å². The van der Waals surface area contributed by atoms with E-state index in [0.29, 0.717) is 0 Å². The molecule has 4 rings (SSSR count). The predicted octanol–water partition coefficient (Wildman–Crippen LogP) is 4.53. The maximum absolute atomic E-state index is 5.29. The summed E-state index contributed by atoms with van der Waals surface area (Å²) in [5.74, 6) is 0.888. The topological polar surface area (TPSA) is 43.2 Å². The van der Waals surface area contributed by atoms with Crippen LogP contribution in [0.5, 0.6) is 5.75 Å². The molecule has 4 aromatic rings. The maximum atomic E-state index is 5.29. The average Bonchev–Trinajstić information content (AvgIpc) is 3.28. The molecule has 0 aliphatic rings. The third kappa shape index (κ3) is 5.00.